The fourth-order valence-corrected chi connectivity index (χ4v) is 3.83. The van der Waals surface area contributed by atoms with E-state index in [0.29, 0.717) is 5.82 Å². The van der Waals surface area contributed by atoms with Crippen molar-refractivity contribution in [2.24, 2.45) is 5.73 Å². The van der Waals surface area contributed by atoms with Crippen molar-refractivity contribution in [2.75, 3.05) is 5.32 Å². The van der Waals surface area contributed by atoms with Gasteiger partial charge in [0, 0.05) is 4.88 Å². The van der Waals surface area contributed by atoms with Gasteiger partial charge in [0.15, 0.2) is 0 Å². The Balaban J connectivity index is 2.00. The summed E-state index contributed by atoms with van der Waals surface area (Å²) in [7, 11) is 0. The van der Waals surface area contributed by atoms with Crippen molar-refractivity contribution in [1.29, 1.82) is 0 Å². The number of aryl methyl sites for hydroxylation is 2. The first-order valence-electron chi connectivity index (χ1n) is 6.59. The Hall–Kier alpha value is -2.22. The highest BCUT2D eigenvalue weighted by atomic mass is 32.1. The van der Waals surface area contributed by atoms with Crippen LogP contribution >= 0.6 is 11.3 Å². The third-order valence-corrected chi connectivity index (χ3v) is 4.72. The van der Waals surface area contributed by atoms with Crippen LogP contribution in [0.2, 0.25) is 0 Å². The molecule has 3 rings (SSSR count). The van der Waals surface area contributed by atoms with E-state index in [4.69, 9.17) is 5.73 Å². The lowest BCUT2D eigenvalue weighted by Crippen LogP contribution is -2.34. The molecule has 0 fully saturated rings. The lowest BCUT2D eigenvalue weighted by molar-refractivity contribution is -0.139. The van der Waals surface area contributed by atoms with Crippen LogP contribution in [0.1, 0.15) is 23.3 Å². The molecule has 0 radical (unpaired) electrons. The van der Waals surface area contributed by atoms with Crippen LogP contribution in [0.15, 0.2) is 6.33 Å². The van der Waals surface area contributed by atoms with Gasteiger partial charge < -0.3 is 16.2 Å². The number of amides is 1. The number of carbonyl (C=O) groups is 2. The molecule has 2 aromatic rings. The minimum absolute atomic E-state index is 0.285. The van der Waals surface area contributed by atoms with E-state index >= 15 is 0 Å². The Morgan fingerprint density at radius 2 is 2.24 bits per heavy atom. The highest BCUT2D eigenvalue weighted by Gasteiger charge is 2.25. The van der Waals surface area contributed by atoms with Gasteiger partial charge in [-0.3, -0.25) is 4.79 Å². The average molecular weight is 306 g/mol. The van der Waals surface area contributed by atoms with Crippen molar-refractivity contribution >= 4 is 39.2 Å². The van der Waals surface area contributed by atoms with Crippen LogP contribution in [-0.4, -0.2) is 33.0 Å². The highest BCUT2D eigenvalue weighted by Crippen LogP contribution is 2.39. The first kappa shape index (κ1) is 13.7. The maximum atomic E-state index is 11.2. The molecule has 1 aliphatic rings. The van der Waals surface area contributed by atoms with Crippen LogP contribution in [0.3, 0.4) is 0 Å². The van der Waals surface area contributed by atoms with Crippen molar-refractivity contribution in [3.8, 4) is 0 Å². The molecule has 0 aromatic carbocycles. The van der Waals surface area contributed by atoms with E-state index in [0.717, 1.165) is 29.5 Å². The number of thiophene rings is 1. The van der Waals surface area contributed by atoms with E-state index in [9.17, 15) is 14.7 Å². The van der Waals surface area contributed by atoms with Crippen LogP contribution in [0.5, 0.6) is 0 Å². The lowest BCUT2D eigenvalue weighted by atomic mass is 10.1. The summed E-state index contributed by atoms with van der Waals surface area (Å²) in [5.74, 6) is -1.34. The number of aliphatic carboxylic acids is 1. The fraction of sp³-hybridized carbons (Fsp3) is 0.385. The maximum absolute atomic E-state index is 11.2. The topological polar surface area (TPSA) is 118 Å². The number of nitrogens with zero attached hydrogens (tertiary/aromatic N) is 2. The van der Waals surface area contributed by atoms with Crippen LogP contribution in [0.25, 0.3) is 10.2 Å². The van der Waals surface area contributed by atoms with Gasteiger partial charge in [-0.1, -0.05) is 0 Å². The molecule has 21 heavy (non-hydrogen) atoms. The summed E-state index contributed by atoms with van der Waals surface area (Å²) in [5.41, 5.74) is 6.29. The van der Waals surface area contributed by atoms with Crippen molar-refractivity contribution in [3.63, 3.8) is 0 Å². The van der Waals surface area contributed by atoms with Gasteiger partial charge in [0.1, 0.15) is 23.0 Å². The third kappa shape index (κ3) is 2.54. The van der Waals surface area contributed by atoms with Gasteiger partial charge in [-0.15, -0.1) is 11.3 Å². The van der Waals surface area contributed by atoms with Crippen LogP contribution in [0, 0.1) is 0 Å². The summed E-state index contributed by atoms with van der Waals surface area (Å²) in [6.45, 7) is 0. The first-order chi connectivity index (χ1) is 10.1. The molecule has 1 aliphatic carbocycles. The van der Waals surface area contributed by atoms with E-state index < -0.39 is 17.9 Å². The number of fused-ring (bicyclic) bond motifs is 3. The summed E-state index contributed by atoms with van der Waals surface area (Å²) in [6.07, 6.45) is 4.19. The lowest BCUT2D eigenvalue weighted by Gasteiger charge is -2.14. The predicted octanol–water partition coefficient (Wildman–Crippen LogP) is 0.921. The Labute approximate surface area is 124 Å². The van der Waals surface area contributed by atoms with Gasteiger partial charge in [-0.2, -0.15) is 0 Å². The highest BCUT2D eigenvalue weighted by molar-refractivity contribution is 7.19. The normalized spacial score (nSPS) is 14.9. The SMILES string of the molecule is NC(=O)C[C@H](Nc1ncnc2sc3c(c12)CCC3)C(=O)O. The van der Waals surface area contributed by atoms with Crippen molar-refractivity contribution in [2.45, 2.75) is 31.7 Å². The van der Waals surface area contributed by atoms with Crippen LogP contribution < -0.4 is 11.1 Å². The average Bonchev–Trinajstić information content (AvgIpc) is 2.97. The summed E-state index contributed by atoms with van der Waals surface area (Å²) in [5, 5.41) is 12.9. The number of carbonyl (C=O) groups excluding carboxylic acids is 1. The minimum atomic E-state index is -1.13. The van der Waals surface area contributed by atoms with Crippen molar-refractivity contribution in [3.05, 3.63) is 16.8 Å². The number of nitrogens with one attached hydrogen (secondary N) is 1. The Morgan fingerprint density at radius 3 is 2.95 bits per heavy atom. The zero-order valence-corrected chi connectivity index (χ0v) is 11.9. The number of hydrogen-bond donors (Lipinski definition) is 3. The minimum Gasteiger partial charge on any atom is -0.480 e. The van der Waals surface area contributed by atoms with Gasteiger partial charge >= 0.3 is 5.97 Å². The standard InChI is InChI=1S/C13H14N4O3S/c14-9(18)4-7(13(19)20)17-11-10-6-2-1-3-8(6)21-12(10)16-5-15-11/h5,7H,1-4H2,(H2,14,18)(H,19,20)(H,15,16,17)/t7-/m0/s1. The molecule has 1 atom stereocenters. The number of carboxylic acids is 1. The monoisotopic (exact) mass is 306 g/mol. The molecule has 2 aromatic heterocycles. The second-order valence-electron chi connectivity index (χ2n) is 4.97. The zero-order chi connectivity index (χ0) is 15.0. The molecule has 110 valence electrons. The molecule has 2 heterocycles. The van der Waals surface area contributed by atoms with E-state index in [-0.39, 0.29) is 6.42 Å². The molecule has 0 unspecified atom stereocenters. The zero-order valence-electron chi connectivity index (χ0n) is 11.1. The maximum Gasteiger partial charge on any atom is 0.326 e. The molecular weight excluding hydrogens is 292 g/mol. The summed E-state index contributed by atoms with van der Waals surface area (Å²) < 4.78 is 0. The largest absolute Gasteiger partial charge is 0.480 e. The van der Waals surface area contributed by atoms with Crippen molar-refractivity contribution < 1.29 is 14.7 Å². The number of primary amides is 1. The van der Waals surface area contributed by atoms with Crippen molar-refractivity contribution in [1.82, 2.24) is 9.97 Å². The molecule has 4 N–H and O–H groups in total. The quantitative estimate of drug-likeness (QED) is 0.756. The second-order valence-corrected chi connectivity index (χ2v) is 6.05. The summed E-state index contributed by atoms with van der Waals surface area (Å²) in [4.78, 5) is 32.8. The number of aromatic nitrogens is 2. The number of carboxylic acid groups (broad SMARTS) is 1. The molecule has 0 spiro atoms. The van der Waals surface area contributed by atoms with E-state index in [1.54, 1.807) is 11.3 Å². The predicted molar refractivity (Wildman–Crippen MR) is 78.3 cm³/mol. The Kier molecular flexibility index (Phi) is 3.46. The first-order valence-corrected chi connectivity index (χ1v) is 7.41. The molecule has 8 heteroatoms. The number of anilines is 1. The van der Waals surface area contributed by atoms with Gasteiger partial charge in [0.2, 0.25) is 5.91 Å². The molecule has 0 saturated heterocycles. The molecule has 1 amide bonds. The second kappa shape index (κ2) is 5.28. The summed E-state index contributed by atoms with van der Waals surface area (Å²) in [6, 6.07) is -1.09. The smallest absolute Gasteiger partial charge is 0.326 e. The van der Waals surface area contributed by atoms with Gasteiger partial charge in [0.05, 0.1) is 11.8 Å². The van der Waals surface area contributed by atoms with E-state index in [2.05, 4.69) is 15.3 Å². The molecule has 0 aliphatic heterocycles. The Bertz CT molecular complexity index is 728. The number of hydrogen-bond acceptors (Lipinski definition) is 6. The van der Waals surface area contributed by atoms with Crippen LogP contribution in [-0.2, 0) is 22.4 Å². The molecule has 0 saturated carbocycles. The molecule has 7 nitrogen and oxygen atoms in total. The number of nitrogens with two attached hydrogens (primary N) is 1. The van der Waals surface area contributed by atoms with E-state index in [1.807, 2.05) is 0 Å². The number of rotatable bonds is 5. The van der Waals surface area contributed by atoms with Gasteiger partial charge in [0.25, 0.3) is 0 Å². The van der Waals surface area contributed by atoms with Gasteiger partial charge in [-0.05, 0) is 24.8 Å². The third-order valence-electron chi connectivity index (χ3n) is 3.52. The molecule has 0 bridgehead atoms. The molecular formula is C13H14N4O3S. The summed E-state index contributed by atoms with van der Waals surface area (Å²) >= 11 is 1.62. The van der Waals surface area contributed by atoms with Crippen LogP contribution in [0.4, 0.5) is 5.82 Å². The fourth-order valence-electron chi connectivity index (χ4n) is 2.60. The Morgan fingerprint density at radius 1 is 1.43 bits per heavy atom. The van der Waals surface area contributed by atoms with Gasteiger partial charge in [-0.25, -0.2) is 14.8 Å². The van der Waals surface area contributed by atoms with E-state index in [1.165, 1.54) is 16.8 Å².